The molecule has 3 aliphatic rings. The van der Waals surface area contributed by atoms with Gasteiger partial charge in [0, 0.05) is 11.3 Å². The van der Waals surface area contributed by atoms with E-state index in [-0.39, 0.29) is 12.8 Å². The minimum Gasteiger partial charge on any atom is -0.454 e. The number of anilines is 1. The molecule has 7 rings (SSSR count). The van der Waals surface area contributed by atoms with Gasteiger partial charge in [-0.25, -0.2) is 4.79 Å². The Morgan fingerprint density at radius 3 is 2.68 bits per heavy atom. The summed E-state index contributed by atoms with van der Waals surface area (Å²) < 4.78 is 16.8. The van der Waals surface area contributed by atoms with Crippen LogP contribution in [0.25, 0.3) is 17.0 Å². The Bertz CT molecular complexity index is 1560. The first-order chi connectivity index (χ1) is 18.2. The lowest BCUT2D eigenvalue weighted by Crippen LogP contribution is -2.46. The van der Waals surface area contributed by atoms with Crippen LogP contribution in [0.4, 0.5) is 10.5 Å². The molecule has 2 aliphatic heterocycles. The topological polar surface area (TPSA) is 89.7 Å². The van der Waals surface area contributed by atoms with E-state index in [0.717, 1.165) is 47.3 Å². The first-order valence-electron chi connectivity index (χ1n) is 12.4. The van der Waals surface area contributed by atoms with Crippen LogP contribution in [-0.4, -0.2) is 23.0 Å². The second-order valence-corrected chi connectivity index (χ2v) is 9.43. The summed E-state index contributed by atoms with van der Waals surface area (Å²) in [6, 6.07) is 21.0. The number of nitrogens with zero attached hydrogens (tertiary/aromatic N) is 3. The number of carbonyl (C=O) groups is 1. The van der Waals surface area contributed by atoms with Crippen molar-refractivity contribution in [3.63, 3.8) is 0 Å². The van der Waals surface area contributed by atoms with Crippen molar-refractivity contribution < 1.29 is 18.8 Å². The molecule has 184 valence electrons. The number of urea groups is 1. The van der Waals surface area contributed by atoms with Crippen molar-refractivity contribution in [1.82, 2.24) is 15.5 Å². The minimum atomic E-state index is -0.440. The van der Waals surface area contributed by atoms with Gasteiger partial charge in [0.1, 0.15) is 0 Å². The highest BCUT2D eigenvalue weighted by molar-refractivity contribution is 6.01. The van der Waals surface area contributed by atoms with E-state index in [1.807, 2.05) is 61.5 Å². The van der Waals surface area contributed by atoms with Crippen molar-refractivity contribution in [2.45, 2.75) is 32.2 Å². The molecule has 4 aromatic rings. The molecule has 3 aromatic carbocycles. The van der Waals surface area contributed by atoms with Gasteiger partial charge in [0.2, 0.25) is 12.6 Å². The first-order valence-corrected chi connectivity index (χ1v) is 12.4. The number of aromatic nitrogens is 2. The van der Waals surface area contributed by atoms with Crippen molar-refractivity contribution in [2.24, 2.45) is 0 Å². The zero-order valence-corrected chi connectivity index (χ0v) is 20.2. The number of rotatable bonds is 4. The highest BCUT2D eigenvalue weighted by Crippen LogP contribution is 2.41. The second-order valence-electron chi connectivity index (χ2n) is 9.43. The normalized spacial score (nSPS) is 18.2. The third kappa shape index (κ3) is 3.64. The van der Waals surface area contributed by atoms with Crippen LogP contribution in [0.3, 0.4) is 0 Å². The third-order valence-corrected chi connectivity index (χ3v) is 7.25. The number of aryl methyl sites for hydroxylation is 2. The largest absolute Gasteiger partial charge is 0.454 e. The minimum absolute atomic E-state index is 0.191. The van der Waals surface area contributed by atoms with Gasteiger partial charge in [-0.1, -0.05) is 41.6 Å². The van der Waals surface area contributed by atoms with Crippen LogP contribution in [0.2, 0.25) is 0 Å². The molecule has 3 heterocycles. The molecule has 0 radical (unpaired) electrons. The smallest absolute Gasteiger partial charge is 0.326 e. The molecule has 1 aromatic heterocycles. The molecule has 37 heavy (non-hydrogen) atoms. The van der Waals surface area contributed by atoms with Gasteiger partial charge < -0.3 is 19.3 Å². The molecule has 1 unspecified atom stereocenters. The number of hydrogen-bond donors (Lipinski definition) is 1. The van der Waals surface area contributed by atoms with E-state index in [4.69, 9.17) is 19.0 Å². The van der Waals surface area contributed by atoms with Crippen LogP contribution in [0.5, 0.6) is 11.5 Å². The van der Waals surface area contributed by atoms with Gasteiger partial charge in [0.15, 0.2) is 11.5 Å². The maximum Gasteiger partial charge on any atom is 0.326 e. The maximum absolute atomic E-state index is 13.5. The SMILES string of the molecule is CC1=C(c2nc(-c3ccc4c(c3)OCO4)no2)C(c2ccccc2)NC(=O)N1c1ccc2c(c1)CCC2. The molecule has 1 aliphatic carbocycles. The average Bonchev–Trinajstić information content (AvgIpc) is 3.69. The van der Waals surface area contributed by atoms with Gasteiger partial charge in [-0.05, 0) is 73.2 Å². The van der Waals surface area contributed by atoms with E-state index in [0.29, 0.717) is 23.2 Å². The van der Waals surface area contributed by atoms with Crippen molar-refractivity contribution in [3.05, 3.63) is 95.0 Å². The Balaban J connectivity index is 1.34. The monoisotopic (exact) mass is 492 g/mol. The lowest BCUT2D eigenvalue weighted by Gasteiger charge is -2.35. The summed E-state index contributed by atoms with van der Waals surface area (Å²) in [4.78, 5) is 20.0. The Morgan fingerprint density at radius 2 is 1.78 bits per heavy atom. The fourth-order valence-electron chi connectivity index (χ4n) is 5.41. The summed E-state index contributed by atoms with van der Waals surface area (Å²) in [5, 5.41) is 7.44. The number of allylic oxidation sites excluding steroid dienone is 1. The lowest BCUT2D eigenvalue weighted by molar-refractivity contribution is 0.174. The summed E-state index contributed by atoms with van der Waals surface area (Å²) in [5.74, 6) is 2.12. The zero-order chi connectivity index (χ0) is 24.9. The summed E-state index contributed by atoms with van der Waals surface area (Å²) >= 11 is 0. The van der Waals surface area contributed by atoms with Gasteiger partial charge >= 0.3 is 6.03 Å². The number of ether oxygens (including phenoxy) is 2. The zero-order valence-electron chi connectivity index (χ0n) is 20.2. The molecule has 0 saturated carbocycles. The van der Waals surface area contributed by atoms with Gasteiger partial charge in [-0.3, -0.25) is 4.90 Å². The standard InChI is InChI=1S/C29H24N4O4/c1-17-25(28-31-27(32-37-28)21-11-13-23-24(15-21)36-16-35-23)26(19-6-3-2-4-7-19)30-29(34)33(17)22-12-10-18-8-5-9-20(18)14-22/h2-4,6-7,10-15,26H,5,8-9,16H2,1H3,(H,30,34). The van der Waals surface area contributed by atoms with Crippen molar-refractivity contribution in [3.8, 4) is 22.9 Å². The number of carbonyl (C=O) groups excluding carboxylic acids is 1. The van der Waals surface area contributed by atoms with Crippen LogP contribution in [0.1, 0.15) is 42.0 Å². The third-order valence-electron chi connectivity index (χ3n) is 7.25. The van der Waals surface area contributed by atoms with Gasteiger partial charge in [0.25, 0.3) is 5.89 Å². The van der Waals surface area contributed by atoms with Crippen LogP contribution in [0, 0.1) is 0 Å². The average molecular weight is 493 g/mol. The van der Waals surface area contributed by atoms with Crippen LogP contribution in [0.15, 0.2) is 77.0 Å². The Labute approximate surface area is 213 Å². The molecule has 2 amide bonds. The summed E-state index contributed by atoms with van der Waals surface area (Å²) in [5.41, 5.74) is 6.67. The van der Waals surface area contributed by atoms with E-state index in [9.17, 15) is 4.79 Å². The number of hydrogen-bond acceptors (Lipinski definition) is 6. The van der Waals surface area contributed by atoms with E-state index in [1.54, 1.807) is 4.90 Å². The van der Waals surface area contributed by atoms with Gasteiger partial charge in [0.05, 0.1) is 17.3 Å². The van der Waals surface area contributed by atoms with Crippen LogP contribution < -0.4 is 19.7 Å². The van der Waals surface area contributed by atoms with Crippen molar-refractivity contribution in [1.29, 1.82) is 0 Å². The van der Waals surface area contributed by atoms with Crippen LogP contribution in [-0.2, 0) is 12.8 Å². The summed E-state index contributed by atoms with van der Waals surface area (Å²) in [7, 11) is 0. The highest BCUT2D eigenvalue weighted by atomic mass is 16.7. The lowest BCUT2D eigenvalue weighted by atomic mass is 9.94. The van der Waals surface area contributed by atoms with Crippen molar-refractivity contribution >= 4 is 17.3 Å². The molecule has 0 fully saturated rings. The second kappa shape index (κ2) is 8.51. The molecule has 0 spiro atoms. The molecular weight excluding hydrogens is 468 g/mol. The Hall–Kier alpha value is -4.59. The predicted molar refractivity (Wildman–Crippen MR) is 137 cm³/mol. The summed E-state index contributed by atoms with van der Waals surface area (Å²) in [6.07, 6.45) is 3.26. The van der Waals surface area contributed by atoms with Gasteiger partial charge in [-0.15, -0.1) is 0 Å². The summed E-state index contributed by atoms with van der Waals surface area (Å²) in [6.45, 7) is 2.13. The maximum atomic E-state index is 13.5. The van der Waals surface area contributed by atoms with E-state index < -0.39 is 6.04 Å². The van der Waals surface area contributed by atoms with E-state index in [1.165, 1.54) is 11.1 Å². The molecule has 0 saturated heterocycles. The fraction of sp³-hybridized carbons (Fsp3) is 0.207. The number of benzene rings is 3. The molecule has 1 atom stereocenters. The number of amides is 2. The Kier molecular flexibility index (Phi) is 4.99. The van der Waals surface area contributed by atoms with Crippen molar-refractivity contribution in [2.75, 3.05) is 11.7 Å². The first kappa shape index (κ1) is 21.7. The molecule has 8 heteroatoms. The highest BCUT2D eigenvalue weighted by Gasteiger charge is 2.36. The fourth-order valence-corrected chi connectivity index (χ4v) is 5.41. The number of nitrogens with one attached hydrogen (secondary N) is 1. The molecular formula is C29H24N4O4. The van der Waals surface area contributed by atoms with E-state index >= 15 is 0 Å². The Morgan fingerprint density at radius 1 is 0.946 bits per heavy atom. The predicted octanol–water partition coefficient (Wildman–Crippen LogP) is 5.66. The van der Waals surface area contributed by atoms with Gasteiger partial charge in [-0.2, -0.15) is 4.98 Å². The molecule has 1 N–H and O–H groups in total. The van der Waals surface area contributed by atoms with E-state index in [2.05, 4.69) is 22.6 Å². The number of fused-ring (bicyclic) bond motifs is 2. The quantitative estimate of drug-likeness (QED) is 0.396. The van der Waals surface area contributed by atoms with Crippen LogP contribution >= 0.6 is 0 Å². The molecule has 8 nitrogen and oxygen atoms in total. The molecule has 0 bridgehead atoms.